The van der Waals surface area contributed by atoms with Gasteiger partial charge in [0.2, 0.25) is 0 Å². The monoisotopic (exact) mass is 287 g/mol. The lowest BCUT2D eigenvalue weighted by molar-refractivity contribution is -0.000240. The summed E-state index contributed by atoms with van der Waals surface area (Å²) in [6.07, 6.45) is 5.40. The van der Waals surface area contributed by atoms with Crippen LogP contribution in [0.15, 0.2) is 30.3 Å². The van der Waals surface area contributed by atoms with Gasteiger partial charge in [-0.1, -0.05) is 30.3 Å². The molecule has 2 saturated heterocycles. The number of ether oxygens (including phenoxy) is 2. The molecule has 3 nitrogen and oxygen atoms in total. The number of likely N-dealkylation sites (tertiary alicyclic amines) is 1. The van der Waals surface area contributed by atoms with E-state index in [0.29, 0.717) is 6.61 Å². The molecule has 0 amide bonds. The zero-order valence-electron chi connectivity index (χ0n) is 12.7. The van der Waals surface area contributed by atoms with E-state index in [0.717, 1.165) is 25.5 Å². The fourth-order valence-electron chi connectivity index (χ4n) is 3.73. The van der Waals surface area contributed by atoms with Crippen LogP contribution in [0.3, 0.4) is 0 Å². The van der Waals surface area contributed by atoms with Crippen LogP contribution in [0.5, 0.6) is 0 Å². The lowest BCUT2D eigenvalue weighted by Gasteiger charge is -2.23. The maximum atomic E-state index is 6.17. The largest absolute Gasteiger partial charge is 0.371 e. The van der Waals surface area contributed by atoms with E-state index in [1.807, 2.05) is 6.07 Å². The van der Waals surface area contributed by atoms with Gasteiger partial charge in [-0.3, -0.25) is 0 Å². The summed E-state index contributed by atoms with van der Waals surface area (Å²) >= 11 is 0. The van der Waals surface area contributed by atoms with Gasteiger partial charge in [-0.2, -0.15) is 0 Å². The molecule has 3 aliphatic rings. The van der Waals surface area contributed by atoms with Gasteiger partial charge in [0.25, 0.3) is 0 Å². The smallest absolute Gasteiger partial charge is 0.0847 e. The number of benzene rings is 1. The average Bonchev–Trinajstić information content (AvgIpc) is 3.11. The Hall–Kier alpha value is -0.900. The van der Waals surface area contributed by atoms with E-state index in [9.17, 15) is 0 Å². The standard InChI is InChI=1S/C18H25NO2/c1-2-4-16(5-3-1)12-20-17-10-18(21-13-17)8-9-19(14-18)11-15-6-7-15/h1-5,15,17H,6-14H2. The molecule has 0 radical (unpaired) electrons. The third-order valence-corrected chi connectivity index (χ3v) is 5.11. The zero-order valence-corrected chi connectivity index (χ0v) is 12.7. The maximum absolute atomic E-state index is 6.17. The Morgan fingerprint density at radius 2 is 2.10 bits per heavy atom. The molecular weight excluding hydrogens is 262 g/mol. The summed E-state index contributed by atoms with van der Waals surface area (Å²) in [7, 11) is 0. The highest BCUT2D eigenvalue weighted by atomic mass is 16.6. The van der Waals surface area contributed by atoms with E-state index in [1.165, 1.54) is 37.9 Å². The highest BCUT2D eigenvalue weighted by Crippen LogP contribution is 2.38. The summed E-state index contributed by atoms with van der Waals surface area (Å²) in [5, 5.41) is 0. The Morgan fingerprint density at radius 1 is 1.24 bits per heavy atom. The van der Waals surface area contributed by atoms with Gasteiger partial charge in [-0.05, 0) is 30.7 Å². The third-order valence-electron chi connectivity index (χ3n) is 5.11. The molecule has 3 fully saturated rings. The van der Waals surface area contributed by atoms with Crippen molar-refractivity contribution in [2.45, 2.75) is 44.0 Å². The second-order valence-electron chi connectivity index (χ2n) is 7.05. The Labute approximate surface area is 127 Å². The Morgan fingerprint density at radius 3 is 2.90 bits per heavy atom. The molecule has 1 saturated carbocycles. The van der Waals surface area contributed by atoms with Gasteiger partial charge >= 0.3 is 0 Å². The Kier molecular flexibility index (Phi) is 3.74. The lowest BCUT2D eigenvalue weighted by Crippen LogP contribution is -2.33. The van der Waals surface area contributed by atoms with Crippen LogP contribution in [0, 0.1) is 5.92 Å². The Balaban J connectivity index is 1.26. The first-order valence-corrected chi connectivity index (χ1v) is 8.33. The molecule has 1 aromatic carbocycles. The summed E-state index contributed by atoms with van der Waals surface area (Å²) < 4.78 is 12.2. The van der Waals surface area contributed by atoms with Gasteiger partial charge in [0.05, 0.1) is 24.9 Å². The average molecular weight is 287 g/mol. The van der Waals surface area contributed by atoms with Gasteiger partial charge in [-0.15, -0.1) is 0 Å². The summed E-state index contributed by atoms with van der Waals surface area (Å²) in [5.41, 5.74) is 1.34. The van der Waals surface area contributed by atoms with E-state index in [-0.39, 0.29) is 11.7 Å². The molecule has 3 heteroatoms. The van der Waals surface area contributed by atoms with Crippen LogP contribution in [-0.2, 0) is 16.1 Å². The first kappa shape index (κ1) is 13.7. The van der Waals surface area contributed by atoms with Gasteiger partial charge in [0, 0.05) is 26.1 Å². The molecule has 2 unspecified atom stereocenters. The predicted molar refractivity (Wildman–Crippen MR) is 82.1 cm³/mol. The van der Waals surface area contributed by atoms with Crippen molar-refractivity contribution in [3.63, 3.8) is 0 Å². The molecule has 0 aromatic heterocycles. The first-order chi connectivity index (χ1) is 10.3. The fraction of sp³-hybridized carbons (Fsp3) is 0.667. The fourth-order valence-corrected chi connectivity index (χ4v) is 3.73. The van der Waals surface area contributed by atoms with E-state index in [1.54, 1.807) is 0 Å². The van der Waals surface area contributed by atoms with Gasteiger partial charge in [0.15, 0.2) is 0 Å². The minimum absolute atomic E-state index is 0.0935. The van der Waals surface area contributed by atoms with Crippen LogP contribution in [0.25, 0.3) is 0 Å². The number of nitrogens with zero attached hydrogens (tertiary/aromatic N) is 1. The van der Waals surface area contributed by atoms with Crippen molar-refractivity contribution in [2.75, 3.05) is 26.2 Å². The van der Waals surface area contributed by atoms with E-state index in [2.05, 4.69) is 29.2 Å². The second-order valence-corrected chi connectivity index (χ2v) is 7.05. The topological polar surface area (TPSA) is 21.7 Å². The highest BCUT2D eigenvalue weighted by Gasteiger charge is 2.46. The molecule has 1 aliphatic carbocycles. The predicted octanol–water partition coefficient (Wildman–Crippen LogP) is 2.85. The van der Waals surface area contributed by atoms with Crippen LogP contribution in [0.2, 0.25) is 0 Å². The summed E-state index contributed by atoms with van der Waals surface area (Å²) in [4.78, 5) is 2.61. The van der Waals surface area contributed by atoms with Gasteiger partial charge in [-0.25, -0.2) is 0 Å². The van der Waals surface area contributed by atoms with Crippen LogP contribution in [0.4, 0.5) is 0 Å². The minimum Gasteiger partial charge on any atom is -0.371 e. The van der Waals surface area contributed by atoms with E-state index >= 15 is 0 Å². The zero-order chi connectivity index (χ0) is 14.1. The maximum Gasteiger partial charge on any atom is 0.0847 e. The third kappa shape index (κ3) is 3.31. The molecule has 2 heterocycles. The highest BCUT2D eigenvalue weighted by molar-refractivity contribution is 5.13. The first-order valence-electron chi connectivity index (χ1n) is 8.33. The second kappa shape index (κ2) is 5.71. The molecule has 4 rings (SSSR count). The van der Waals surface area contributed by atoms with Crippen LogP contribution in [0.1, 0.15) is 31.2 Å². The number of rotatable bonds is 5. The van der Waals surface area contributed by atoms with Crippen molar-refractivity contribution >= 4 is 0 Å². The van der Waals surface area contributed by atoms with E-state index in [4.69, 9.17) is 9.47 Å². The quantitative estimate of drug-likeness (QED) is 0.831. The van der Waals surface area contributed by atoms with Crippen molar-refractivity contribution in [2.24, 2.45) is 5.92 Å². The van der Waals surface area contributed by atoms with Crippen molar-refractivity contribution < 1.29 is 9.47 Å². The van der Waals surface area contributed by atoms with E-state index < -0.39 is 0 Å². The van der Waals surface area contributed by atoms with Crippen LogP contribution < -0.4 is 0 Å². The summed E-state index contributed by atoms with van der Waals surface area (Å²) in [6.45, 7) is 5.10. The molecule has 0 N–H and O–H groups in total. The van der Waals surface area contributed by atoms with Crippen LogP contribution in [-0.4, -0.2) is 42.8 Å². The lowest BCUT2D eigenvalue weighted by atomic mass is 9.98. The van der Waals surface area contributed by atoms with Crippen molar-refractivity contribution in [3.8, 4) is 0 Å². The summed E-state index contributed by atoms with van der Waals surface area (Å²) in [5.74, 6) is 0.978. The molecule has 21 heavy (non-hydrogen) atoms. The summed E-state index contributed by atoms with van der Waals surface area (Å²) in [6, 6.07) is 10.4. The number of hydrogen-bond donors (Lipinski definition) is 0. The number of hydrogen-bond acceptors (Lipinski definition) is 3. The molecular formula is C18H25NO2. The molecule has 2 aliphatic heterocycles. The van der Waals surface area contributed by atoms with Gasteiger partial charge < -0.3 is 14.4 Å². The molecule has 2 atom stereocenters. The SMILES string of the molecule is c1ccc(COC2COC3(CCN(CC4CC4)C3)C2)cc1. The molecule has 1 spiro atoms. The minimum atomic E-state index is 0.0935. The van der Waals surface area contributed by atoms with Crippen molar-refractivity contribution in [3.05, 3.63) is 35.9 Å². The van der Waals surface area contributed by atoms with Crippen molar-refractivity contribution in [1.82, 2.24) is 4.90 Å². The molecule has 0 bridgehead atoms. The van der Waals surface area contributed by atoms with Crippen molar-refractivity contribution in [1.29, 1.82) is 0 Å². The normalized spacial score (nSPS) is 33.0. The molecule has 114 valence electrons. The van der Waals surface area contributed by atoms with Gasteiger partial charge in [0.1, 0.15) is 0 Å². The van der Waals surface area contributed by atoms with Crippen LogP contribution >= 0.6 is 0 Å². The molecule has 1 aromatic rings. The Bertz CT molecular complexity index is 473.